The second-order valence-corrected chi connectivity index (χ2v) is 9.55. The van der Waals surface area contributed by atoms with Crippen LogP contribution in [0.15, 0.2) is 30.8 Å². The van der Waals surface area contributed by atoms with Gasteiger partial charge in [0.2, 0.25) is 0 Å². The van der Waals surface area contributed by atoms with Gasteiger partial charge < -0.3 is 26.2 Å². The van der Waals surface area contributed by atoms with E-state index in [4.69, 9.17) is 26.2 Å². The summed E-state index contributed by atoms with van der Waals surface area (Å²) in [7, 11) is 0.930. The molecule has 0 fully saturated rings. The minimum Gasteiger partial charge on any atom is -0.374 e. The monoisotopic (exact) mass is 330 g/mol. The van der Waals surface area contributed by atoms with E-state index in [9.17, 15) is 0 Å². The van der Waals surface area contributed by atoms with Crippen molar-refractivity contribution in [2.75, 3.05) is 35.5 Å². The summed E-state index contributed by atoms with van der Waals surface area (Å²) in [4.78, 5) is 0. The first-order valence-electron chi connectivity index (χ1n) is 6.24. The lowest BCUT2D eigenvalue weighted by Crippen LogP contribution is -2.64. The molecular formula is C13H22O6Si2. The molecule has 0 heterocycles. The van der Waals surface area contributed by atoms with Crippen molar-refractivity contribution in [1.29, 1.82) is 0 Å². The van der Waals surface area contributed by atoms with Crippen molar-refractivity contribution in [2.45, 2.75) is 0 Å². The van der Waals surface area contributed by atoms with E-state index in [1.807, 2.05) is 24.3 Å². The van der Waals surface area contributed by atoms with Gasteiger partial charge in [-0.15, -0.1) is 0 Å². The first-order valence-corrected chi connectivity index (χ1v) is 9.60. The zero-order valence-corrected chi connectivity index (χ0v) is 15.0. The van der Waals surface area contributed by atoms with Gasteiger partial charge in [-0.25, -0.2) is 0 Å². The van der Waals surface area contributed by atoms with E-state index < -0.39 is 17.9 Å². The van der Waals surface area contributed by atoms with Gasteiger partial charge in [-0.2, -0.15) is 0 Å². The van der Waals surface area contributed by atoms with Gasteiger partial charge in [0.05, 0.1) is 0 Å². The third kappa shape index (κ3) is 3.87. The fourth-order valence-electron chi connectivity index (χ4n) is 1.82. The van der Waals surface area contributed by atoms with Crippen LogP contribution in [0.25, 0.3) is 6.08 Å². The molecule has 0 aliphatic carbocycles. The Morgan fingerprint density at radius 3 is 1.62 bits per heavy atom. The molecule has 0 saturated heterocycles. The fraction of sp³-hybridized carbons (Fsp3) is 0.385. The zero-order valence-electron chi connectivity index (χ0n) is 13.0. The van der Waals surface area contributed by atoms with Gasteiger partial charge >= 0.3 is 17.9 Å². The van der Waals surface area contributed by atoms with Gasteiger partial charge in [-0.05, 0) is 5.56 Å². The molecule has 118 valence electrons. The lowest BCUT2D eigenvalue weighted by molar-refractivity contribution is 0.0195. The normalized spacial score (nSPS) is 12.4. The third-order valence-corrected chi connectivity index (χ3v) is 8.74. The predicted octanol–water partition coefficient (Wildman–Crippen LogP) is 1.16. The molecule has 0 amide bonds. The quantitative estimate of drug-likeness (QED) is 0.633. The Morgan fingerprint density at radius 2 is 1.29 bits per heavy atom. The highest BCUT2D eigenvalue weighted by Gasteiger charge is 2.55. The third-order valence-electron chi connectivity index (χ3n) is 3.05. The number of benzene rings is 1. The maximum atomic E-state index is 5.97. The topological polar surface area (TPSA) is 55.4 Å². The average molecular weight is 330 g/mol. The van der Waals surface area contributed by atoms with E-state index in [1.165, 1.54) is 35.5 Å². The molecule has 0 aromatic heterocycles. The lowest BCUT2D eigenvalue weighted by Gasteiger charge is -2.33. The molecule has 0 radical (unpaired) electrons. The van der Waals surface area contributed by atoms with E-state index in [0.29, 0.717) is 0 Å². The number of hydrogen-bond acceptors (Lipinski definition) is 6. The molecule has 0 aliphatic heterocycles. The molecule has 1 aromatic carbocycles. The first kappa shape index (κ1) is 18.2. The van der Waals surface area contributed by atoms with Crippen molar-refractivity contribution in [1.82, 2.24) is 0 Å². The van der Waals surface area contributed by atoms with Crippen LogP contribution in [-0.2, 0) is 26.2 Å². The highest BCUT2D eigenvalue weighted by molar-refractivity contribution is 6.81. The van der Waals surface area contributed by atoms with Crippen LogP contribution in [0.1, 0.15) is 5.56 Å². The van der Waals surface area contributed by atoms with Crippen molar-refractivity contribution < 1.29 is 26.2 Å². The van der Waals surface area contributed by atoms with Crippen molar-refractivity contribution in [3.8, 4) is 0 Å². The van der Waals surface area contributed by atoms with Crippen molar-refractivity contribution >= 4 is 29.1 Å². The van der Waals surface area contributed by atoms with Crippen LogP contribution in [0.4, 0.5) is 0 Å². The molecule has 1 aromatic rings. The Labute approximate surface area is 128 Å². The summed E-state index contributed by atoms with van der Waals surface area (Å²) in [6.07, 6.45) is 1.76. The Balaban J connectivity index is 3.20. The van der Waals surface area contributed by atoms with Crippen LogP contribution >= 0.6 is 0 Å². The highest BCUT2D eigenvalue weighted by Crippen LogP contribution is 2.18. The summed E-state index contributed by atoms with van der Waals surface area (Å²) >= 11 is 0. The van der Waals surface area contributed by atoms with E-state index in [2.05, 4.69) is 6.58 Å². The highest BCUT2D eigenvalue weighted by atomic mass is 28.5. The minimum absolute atomic E-state index is 0.779. The van der Waals surface area contributed by atoms with E-state index in [-0.39, 0.29) is 0 Å². The number of hydrogen-bond donors (Lipinski definition) is 0. The largest absolute Gasteiger partial charge is 0.671 e. The first-order chi connectivity index (χ1) is 10.0. The molecule has 1 rings (SSSR count). The Morgan fingerprint density at radius 1 is 0.810 bits per heavy atom. The van der Waals surface area contributed by atoms with Crippen LogP contribution in [-0.4, -0.2) is 53.4 Å². The molecular weight excluding hydrogens is 308 g/mol. The molecule has 0 N–H and O–H groups in total. The molecule has 0 unspecified atom stereocenters. The molecule has 6 nitrogen and oxygen atoms in total. The lowest BCUT2D eigenvalue weighted by atomic mass is 10.2. The Hall–Kier alpha value is -0.846. The van der Waals surface area contributed by atoms with Gasteiger partial charge in [-0.3, -0.25) is 0 Å². The van der Waals surface area contributed by atoms with Crippen LogP contribution in [0.2, 0.25) is 0 Å². The summed E-state index contributed by atoms with van der Waals surface area (Å²) in [5.41, 5.74) is 0.989. The molecule has 21 heavy (non-hydrogen) atoms. The van der Waals surface area contributed by atoms with E-state index >= 15 is 0 Å². The zero-order chi connectivity index (χ0) is 15.9. The van der Waals surface area contributed by atoms with Gasteiger partial charge in [0.1, 0.15) is 0 Å². The average Bonchev–Trinajstić information content (AvgIpc) is 2.57. The van der Waals surface area contributed by atoms with Crippen LogP contribution < -0.4 is 5.19 Å². The van der Waals surface area contributed by atoms with Gasteiger partial charge in [-0.1, -0.05) is 36.9 Å². The summed E-state index contributed by atoms with van der Waals surface area (Å²) in [6.45, 7) is 3.73. The van der Waals surface area contributed by atoms with Crippen molar-refractivity contribution in [3.05, 3.63) is 36.4 Å². The summed E-state index contributed by atoms with van der Waals surface area (Å²) in [5.74, 6) is 0. The van der Waals surface area contributed by atoms with E-state index in [1.54, 1.807) is 6.08 Å². The number of rotatable bonds is 9. The van der Waals surface area contributed by atoms with Crippen molar-refractivity contribution in [2.24, 2.45) is 0 Å². The fourth-order valence-corrected chi connectivity index (χ4v) is 6.99. The van der Waals surface area contributed by atoms with Crippen LogP contribution in [0, 0.1) is 0 Å². The summed E-state index contributed by atoms with van der Waals surface area (Å²) < 4.78 is 33.0. The summed E-state index contributed by atoms with van der Waals surface area (Å²) in [5, 5.41) is 0.779. The maximum absolute atomic E-state index is 5.97. The van der Waals surface area contributed by atoms with Crippen molar-refractivity contribution in [3.63, 3.8) is 0 Å². The maximum Gasteiger partial charge on any atom is 0.671 e. The van der Waals surface area contributed by atoms with Crippen LogP contribution in [0.3, 0.4) is 0 Å². The standard InChI is InChI=1S/C13H22O6Si2/c1-7-12-8-10-13(11-9-12)20(14-2,15-3)19-21(16-4,17-5)18-6/h7-11H,1H2,2-6H3. The minimum atomic E-state index is -3.31. The summed E-state index contributed by atoms with van der Waals surface area (Å²) in [6, 6.07) is 7.55. The second-order valence-electron chi connectivity index (χ2n) is 4.01. The van der Waals surface area contributed by atoms with Crippen LogP contribution in [0.5, 0.6) is 0 Å². The van der Waals surface area contributed by atoms with E-state index in [0.717, 1.165) is 10.8 Å². The SMILES string of the molecule is C=Cc1ccc([Si](OC)(OC)O[Si](OC)(OC)OC)cc1. The van der Waals surface area contributed by atoms with Gasteiger partial charge in [0.15, 0.2) is 0 Å². The second kappa shape index (κ2) is 7.96. The molecule has 0 bridgehead atoms. The predicted molar refractivity (Wildman–Crippen MR) is 83.8 cm³/mol. The Bertz CT molecular complexity index is 434. The molecule has 8 heteroatoms. The van der Waals surface area contributed by atoms with Gasteiger partial charge in [0, 0.05) is 40.7 Å². The molecule has 0 aliphatic rings. The smallest absolute Gasteiger partial charge is 0.374 e. The Kier molecular flexibility index (Phi) is 6.90. The molecule has 0 atom stereocenters. The molecule has 0 spiro atoms. The van der Waals surface area contributed by atoms with Gasteiger partial charge in [0.25, 0.3) is 0 Å². The molecule has 0 saturated carbocycles.